The van der Waals surface area contributed by atoms with Gasteiger partial charge in [0.15, 0.2) is 11.5 Å². The van der Waals surface area contributed by atoms with E-state index in [4.69, 9.17) is 9.47 Å². The van der Waals surface area contributed by atoms with E-state index in [1.54, 1.807) is 13.0 Å². The van der Waals surface area contributed by atoms with Crippen LogP contribution >= 0.6 is 0 Å². The van der Waals surface area contributed by atoms with E-state index in [1.165, 1.54) is 26.2 Å². The average molecular weight is 435 g/mol. The highest BCUT2D eigenvalue weighted by Gasteiger charge is 2.77. The van der Waals surface area contributed by atoms with Crippen LogP contribution in [0.2, 0.25) is 0 Å². The first kappa shape index (κ1) is 22.2. The molecule has 0 radical (unpaired) electrons. The highest BCUT2D eigenvalue weighted by atomic mass is 19.1. The second-order valence-corrected chi connectivity index (χ2v) is 10.2. The molecular weight excluding hydrogens is 403 g/mol. The molecule has 0 aromatic heterocycles. The number of ether oxygens (including phenoxy) is 2. The Kier molecular flexibility index (Phi) is 4.82. The maximum Gasteiger partial charge on any atom is 0.351 e. The van der Waals surface area contributed by atoms with Crippen molar-refractivity contribution in [3.05, 3.63) is 23.8 Å². The third-order valence-electron chi connectivity index (χ3n) is 8.97. The quantitative estimate of drug-likeness (QED) is 0.672. The monoisotopic (exact) mass is 434 g/mol. The normalized spacial score (nSPS) is 48.2. The van der Waals surface area contributed by atoms with Gasteiger partial charge in [-0.3, -0.25) is 9.59 Å². The number of rotatable bonds is 2. The molecule has 6 nitrogen and oxygen atoms in total. The molecule has 0 saturated heterocycles. The molecule has 0 aromatic carbocycles. The van der Waals surface area contributed by atoms with E-state index in [2.05, 4.69) is 0 Å². The topological polar surface area (TPSA) is 89.9 Å². The Hall–Kier alpha value is -2.02. The summed E-state index contributed by atoms with van der Waals surface area (Å²) in [6.45, 7) is 6.63. The fraction of sp³-hybridized carbons (Fsp3) is 0.708. The number of carbonyl (C=O) groups is 3. The van der Waals surface area contributed by atoms with Gasteiger partial charge in [0.1, 0.15) is 0 Å². The van der Waals surface area contributed by atoms with Crippen LogP contribution in [-0.4, -0.2) is 47.3 Å². The molecule has 170 valence electrons. The van der Waals surface area contributed by atoms with E-state index in [1.807, 2.05) is 13.8 Å². The fourth-order valence-electron chi connectivity index (χ4n) is 7.60. The van der Waals surface area contributed by atoms with Gasteiger partial charge in [0.2, 0.25) is 5.60 Å². The van der Waals surface area contributed by atoms with Crippen molar-refractivity contribution in [3.8, 4) is 0 Å². The van der Waals surface area contributed by atoms with Gasteiger partial charge >= 0.3 is 11.9 Å². The van der Waals surface area contributed by atoms with Gasteiger partial charge in [-0.1, -0.05) is 25.5 Å². The van der Waals surface area contributed by atoms with E-state index in [9.17, 15) is 19.5 Å². The zero-order valence-corrected chi connectivity index (χ0v) is 18.7. The van der Waals surface area contributed by atoms with Crippen molar-refractivity contribution in [2.45, 2.75) is 70.8 Å². The number of alkyl halides is 1. The van der Waals surface area contributed by atoms with E-state index in [0.29, 0.717) is 24.8 Å². The van der Waals surface area contributed by atoms with Crippen LogP contribution in [0.15, 0.2) is 23.8 Å². The SMILES string of the molecule is COC(=O)[C@@]1(OC(C)=O)[C@@H](C)CC2C3CCC4=CC(=O)C=CC4(C)C3(F)[C@@H](O)CC21C. The van der Waals surface area contributed by atoms with Crippen LogP contribution in [0.4, 0.5) is 4.39 Å². The van der Waals surface area contributed by atoms with E-state index in [-0.39, 0.29) is 18.1 Å². The van der Waals surface area contributed by atoms with Crippen molar-refractivity contribution in [2.24, 2.45) is 28.6 Å². The lowest BCUT2D eigenvalue weighted by molar-refractivity contribution is -0.234. The fourth-order valence-corrected chi connectivity index (χ4v) is 7.60. The number of esters is 2. The molecule has 0 heterocycles. The van der Waals surface area contributed by atoms with Crippen LogP contribution in [0.3, 0.4) is 0 Å². The van der Waals surface area contributed by atoms with Crippen molar-refractivity contribution in [1.29, 1.82) is 0 Å². The molecule has 0 aromatic rings. The maximum atomic E-state index is 17.1. The molecule has 0 aliphatic heterocycles. The molecule has 4 aliphatic rings. The second-order valence-electron chi connectivity index (χ2n) is 10.2. The maximum absolute atomic E-state index is 17.1. The zero-order valence-electron chi connectivity index (χ0n) is 18.7. The summed E-state index contributed by atoms with van der Waals surface area (Å²) < 4.78 is 27.9. The largest absolute Gasteiger partial charge is 0.466 e. The Morgan fingerprint density at radius 3 is 2.55 bits per heavy atom. The first-order valence-corrected chi connectivity index (χ1v) is 11.0. The minimum Gasteiger partial charge on any atom is -0.466 e. The first-order chi connectivity index (χ1) is 14.4. The second kappa shape index (κ2) is 6.74. The van der Waals surface area contributed by atoms with Crippen molar-refractivity contribution < 1.29 is 33.4 Å². The van der Waals surface area contributed by atoms with Crippen molar-refractivity contribution in [3.63, 3.8) is 0 Å². The van der Waals surface area contributed by atoms with Crippen LogP contribution in [-0.2, 0) is 23.9 Å². The van der Waals surface area contributed by atoms with Gasteiger partial charge in [-0.25, -0.2) is 9.18 Å². The number of fused-ring (bicyclic) bond motifs is 5. The molecule has 4 aliphatic carbocycles. The Balaban J connectivity index is 1.86. The minimum atomic E-state index is -2.00. The summed E-state index contributed by atoms with van der Waals surface area (Å²) in [6, 6.07) is 0. The molecule has 7 heteroatoms. The number of hydrogen-bond donors (Lipinski definition) is 1. The van der Waals surface area contributed by atoms with Crippen LogP contribution in [0, 0.1) is 28.6 Å². The summed E-state index contributed by atoms with van der Waals surface area (Å²) >= 11 is 0. The predicted octanol–water partition coefficient (Wildman–Crippen LogP) is 3.08. The van der Waals surface area contributed by atoms with Gasteiger partial charge in [-0.05, 0) is 50.7 Å². The van der Waals surface area contributed by atoms with Gasteiger partial charge in [-0.15, -0.1) is 0 Å². The number of allylic oxidation sites excluding steroid dienone is 4. The number of halogens is 1. The van der Waals surface area contributed by atoms with Gasteiger partial charge in [-0.2, -0.15) is 0 Å². The summed E-state index contributed by atoms with van der Waals surface area (Å²) in [6.07, 6.45) is 4.46. The number of aliphatic hydroxyl groups is 1. The summed E-state index contributed by atoms with van der Waals surface area (Å²) in [5.74, 6) is -2.71. The molecule has 5 unspecified atom stereocenters. The van der Waals surface area contributed by atoms with Gasteiger partial charge in [0.05, 0.1) is 13.2 Å². The van der Waals surface area contributed by atoms with Gasteiger partial charge in [0, 0.05) is 29.6 Å². The summed E-state index contributed by atoms with van der Waals surface area (Å²) in [5.41, 5.74) is -4.98. The predicted molar refractivity (Wildman–Crippen MR) is 109 cm³/mol. The summed E-state index contributed by atoms with van der Waals surface area (Å²) in [5, 5.41) is 11.3. The smallest absolute Gasteiger partial charge is 0.351 e. The van der Waals surface area contributed by atoms with Crippen LogP contribution < -0.4 is 0 Å². The molecule has 0 bridgehead atoms. The molecule has 31 heavy (non-hydrogen) atoms. The van der Waals surface area contributed by atoms with Crippen molar-refractivity contribution in [1.82, 2.24) is 0 Å². The third-order valence-corrected chi connectivity index (χ3v) is 8.97. The highest BCUT2D eigenvalue weighted by Crippen LogP contribution is 2.71. The number of ketones is 1. The molecule has 1 N–H and O–H groups in total. The van der Waals surface area contributed by atoms with E-state index in [0.717, 1.165) is 0 Å². The Labute approximate surface area is 181 Å². The van der Waals surface area contributed by atoms with Gasteiger partial charge < -0.3 is 14.6 Å². The van der Waals surface area contributed by atoms with Crippen molar-refractivity contribution in [2.75, 3.05) is 7.11 Å². The standard InChI is InChI=1S/C24H31FO6/c1-13-10-18-17-7-6-15-11-16(27)8-9-21(15,3)23(17,25)19(28)12-22(18,4)24(13,20(29)30-5)31-14(2)26/h8-9,11,13,17-19,28H,6-7,10,12H2,1-5H3/t13-,17?,18?,19-,21?,22?,23?,24-/m0/s1. The molecule has 3 fully saturated rings. The van der Waals surface area contributed by atoms with E-state index >= 15 is 4.39 Å². The van der Waals surface area contributed by atoms with Gasteiger partial charge in [0.25, 0.3) is 0 Å². The molecule has 3 saturated carbocycles. The Morgan fingerprint density at radius 1 is 1.26 bits per heavy atom. The third kappa shape index (κ3) is 2.50. The average Bonchev–Trinajstić information content (AvgIpc) is 2.90. The summed E-state index contributed by atoms with van der Waals surface area (Å²) in [4.78, 5) is 37.1. The number of methoxy groups -OCH3 is 1. The lowest BCUT2D eigenvalue weighted by Crippen LogP contribution is -2.70. The molecular formula is C24H31FO6. The first-order valence-electron chi connectivity index (χ1n) is 11.0. The highest BCUT2D eigenvalue weighted by molar-refractivity contribution is 6.01. The molecule has 0 spiro atoms. The minimum absolute atomic E-state index is 0.0535. The molecule has 0 amide bonds. The van der Waals surface area contributed by atoms with Crippen LogP contribution in [0.1, 0.15) is 53.4 Å². The Bertz CT molecular complexity index is 910. The van der Waals surface area contributed by atoms with E-state index < -0.39 is 52.0 Å². The Morgan fingerprint density at radius 2 is 1.94 bits per heavy atom. The zero-order chi connectivity index (χ0) is 23.0. The lowest BCUT2D eigenvalue weighted by atomic mass is 9.44. The number of carbonyl (C=O) groups excluding carboxylic acids is 3. The molecule has 4 rings (SSSR count). The van der Waals surface area contributed by atoms with Crippen LogP contribution in [0.25, 0.3) is 0 Å². The summed E-state index contributed by atoms with van der Waals surface area (Å²) in [7, 11) is 1.25. The number of aliphatic hydroxyl groups excluding tert-OH is 1. The van der Waals surface area contributed by atoms with Crippen molar-refractivity contribution >= 4 is 17.7 Å². The van der Waals surface area contributed by atoms with Crippen LogP contribution in [0.5, 0.6) is 0 Å². The number of hydrogen-bond acceptors (Lipinski definition) is 6. The lowest BCUT2D eigenvalue weighted by Gasteiger charge is -2.62. The molecule has 8 atom stereocenters.